The van der Waals surface area contributed by atoms with Gasteiger partial charge in [0.1, 0.15) is 0 Å². The summed E-state index contributed by atoms with van der Waals surface area (Å²) in [6, 6.07) is 2.58. The summed E-state index contributed by atoms with van der Waals surface area (Å²) < 4.78 is 64.9. The fourth-order valence-corrected chi connectivity index (χ4v) is 3.18. The molecular formula is C13H19ClF3N3O3S. The first-order chi connectivity index (χ1) is 10.6. The maximum atomic E-state index is 12.9. The fourth-order valence-electron chi connectivity index (χ4n) is 1.75. The number of rotatable bonds is 7. The minimum absolute atomic E-state index is 0. The molecule has 0 aliphatic rings. The standard InChI is InChI=1S/C13H18F3N3O3S.ClH/c1-9(12(20)18-8-7-17-2)19-23(21,22)11-6-4-3-5-10(11)13(14,15)16;/h3-6,9,17,19H,7-8H2,1-2H3,(H,18,20);1H. The molecule has 0 aromatic heterocycles. The van der Waals surface area contributed by atoms with Gasteiger partial charge in [0.15, 0.2) is 0 Å². The zero-order valence-electron chi connectivity index (χ0n) is 13.0. The third-order valence-corrected chi connectivity index (χ3v) is 4.48. The highest BCUT2D eigenvalue weighted by Gasteiger charge is 2.37. The van der Waals surface area contributed by atoms with Gasteiger partial charge in [0.25, 0.3) is 0 Å². The summed E-state index contributed by atoms with van der Waals surface area (Å²) in [7, 11) is -2.82. The number of carbonyl (C=O) groups excluding carboxylic acids is 1. The first-order valence-electron chi connectivity index (χ1n) is 6.70. The van der Waals surface area contributed by atoms with E-state index in [0.29, 0.717) is 12.6 Å². The van der Waals surface area contributed by atoms with Crippen LogP contribution in [-0.2, 0) is 21.0 Å². The number of hydrogen-bond acceptors (Lipinski definition) is 4. The fraction of sp³-hybridized carbons (Fsp3) is 0.462. The monoisotopic (exact) mass is 389 g/mol. The van der Waals surface area contributed by atoms with Crippen molar-refractivity contribution in [3.63, 3.8) is 0 Å². The van der Waals surface area contributed by atoms with Crippen molar-refractivity contribution < 1.29 is 26.4 Å². The van der Waals surface area contributed by atoms with E-state index < -0.39 is 38.6 Å². The second-order valence-electron chi connectivity index (χ2n) is 4.73. The number of benzene rings is 1. The van der Waals surface area contributed by atoms with E-state index in [2.05, 4.69) is 10.6 Å². The van der Waals surface area contributed by atoms with Crippen LogP contribution in [0.15, 0.2) is 29.2 Å². The number of likely N-dealkylation sites (N-methyl/N-ethyl adjacent to an activating group) is 1. The average molecular weight is 390 g/mol. The predicted octanol–water partition coefficient (Wildman–Crippen LogP) is 1.13. The molecule has 0 heterocycles. The lowest BCUT2D eigenvalue weighted by Gasteiger charge is -2.17. The number of sulfonamides is 1. The summed E-state index contributed by atoms with van der Waals surface area (Å²) in [5.41, 5.74) is -1.28. The van der Waals surface area contributed by atoms with Gasteiger partial charge >= 0.3 is 6.18 Å². The van der Waals surface area contributed by atoms with Gasteiger partial charge in [-0.3, -0.25) is 4.79 Å². The molecule has 1 aromatic rings. The van der Waals surface area contributed by atoms with Crippen molar-refractivity contribution in [1.29, 1.82) is 0 Å². The molecule has 1 atom stereocenters. The van der Waals surface area contributed by atoms with Crippen molar-refractivity contribution >= 4 is 28.3 Å². The molecule has 0 spiro atoms. The van der Waals surface area contributed by atoms with Crippen LogP contribution in [0.2, 0.25) is 0 Å². The molecule has 11 heteroatoms. The van der Waals surface area contributed by atoms with Crippen molar-refractivity contribution in [2.45, 2.75) is 24.0 Å². The SMILES string of the molecule is CNCCNC(=O)C(C)NS(=O)(=O)c1ccccc1C(F)(F)F.Cl. The van der Waals surface area contributed by atoms with E-state index in [1.807, 2.05) is 4.72 Å². The second-order valence-corrected chi connectivity index (χ2v) is 6.41. The molecule has 1 amide bonds. The van der Waals surface area contributed by atoms with Gasteiger partial charge in [-0.25, -0.2) is 8.42 Å². The summed E-state index contributed by atoms with van der Waals surface area (Å²) >= 11 is 0. The molecule has 0 bridgehead atoms. The summed E-state index contributed by atoms with van der Waals surface area (Å²) in [5.74, 6) is -0.631. The molecule has 1 aromatic carbocycles. The average Bonchev–Trinajstić information content (AvgIpc) is 2.46. The summed E-state index contributed by atoms with van der Waals surface area (Å²) in [4.78, 5) is 10.8. The Labute approximate surface area is 144 Å². The van der Waals surface area contributed by atoms with Crippen molar-refractivity contribution in [3.8, 4) is 0 Å². The van der Waals surface area contributed by atoms with E-state index in [0.717, 1.165) is 12.1 Å². The van der Waals surface area contributed by atoms with Crippen LogP contribution >= 0.6 is 12.4 Å². The molecule has 0 fully saturated rings. The minimum atomic E-state index is -4.82. The van der Waals surface area contributed by atoms with Crippen LogP contribution in [0, 0.1) is 0 Å². The van der Waals surface area contributed by atoms with Gasteiger partial charge in [0, 0.05) is 13.1 Å². The van der Waals surface area contributed by atoms with Crippen LogP contribution < -0.4 is 15.4 Å². The lowest BCUT2D eigenvalue weighted by molar-refractivity contribution is -0.139. The highest BCUT2D eigenvalue weighted by atomic mass is 35.5. The molecule has 1 unspecified atom stereocenters. The third kappa shape index (κ3) is 6.27. The molecule has 3 N–H and O–H groups in total. The van der Waals surface area contributed by atoms with Gasteiger partial charge in [-0.2, -0.15) is 17.9 Å². The van der Waals surface area contributed by atoms with Gasteiger partial charge in [-0.15, -0.1) is 12.4 Å². The summed E-state index contributed by atoms with van der Waals surface area (Å²) in [6.45, 7) is 1.99. The molecule has 0 aliphatic carbocycles. The van der Waals surface area contributed by atoms with Crippen molar-refractivity contribution in [2.75, 3.05) is 20.1 Å². The van der Waals surface area contributed by atoms with Crippen molar-refractivity contribution in [1.82, 2.24) is 15.4 Å². The Morgan fingerprint density at radius 1 is 1.21 bits per heavy atom. The summed E-state index contributed by atoms with van der Waals surface area (Å²) in [5, 5.41) is 5.23. The number of carbonyl (C=O) groups is 1. The van der Waals surface area contributed by atoms with E-state index in [1.165, 1.54) is 13.0 Å². The first-order valence-corrected chi connectivity index (χ1v) is 8.18. The number of halogens is 4. The molecule has 138 valence electrons. The Morgan fingerprint density at radius 3 is 2.33 bits per heavy atom. The minimum Gasteiger partial charge on any atom is -0.353 e. The lowest BCUT2D eigenvalue weighted by atomic mass is 10.2. The smallest absolute Gasteiger partial charge is 0.353 e. The summed E-state index contributed by atoms with van der Waals surface area (Å²) in [6.07, 6.45) is -4.82. The zero-order chi connectivity index (χ0) is 17.7. The molecule has 0 saturated carbocycles. The molecule has 0 saturated heterocycles. The molecule has 24 heavy (non-hydrogen) atoms. The molecule has 0 aliphatic heterocycles. The van der Waals surface area contributed by atoms with Crippen LogP contribution in [-0.4, -0.2) is 40.5 Å². The lowest BCUT2D eigenvalue weighted by Crippen LogP contribution is -2.46. The molecular weight excluding hydrogens is 371 g/mol. The first kappa shape index (κ1) is 22.6. The van der Waals surface area contributed by atoms with Crippen LogP contribution in [0.1, 0.15) is 12.5 Å². The number of nitrogens with one attached hydrogen (secondary N) is 3. The van der Waals surface area contributed by atoms with Gasteiger partial charge in [0.05, 0.1) is 16.5 Å². The maximum absolute atomic E-state index is 12.9. The van der Waals surface area contributed by atoms with Crippen LogP contribution in [0.3, 0.4) is 0 Å². The highest BCUT2D eigenvalue weighted by molar-refractivity contribution is 7.89. The van der Waals surface area contributed by atoms with E-state index in [1.54, 1.807) is 7.05 Å². The van der Waals surface area contributed by atoms with Crippen molar-refractivity contribution in [3.05, 3.63) is 29.8 Å². The maximum Gasteiger partial charge on any atom is 0.417 e. The molecule has 0 radical (unpaired) electrons. The Morgan fingerprint density at radius 2 is 1.79 bits per heavy atom. The van der Waals surface area contributed by atoms with Crippen LogP contribution in [0.25, 0.3) is 0 Å². The van der Waals surface area contributed by atoms with Gasteiger partial charge in [-0.05, 0) is 26.1 Å². The van der Waals surface area contributed by atoms with Gasteiger partial charge in [-0.1, -0.05) is 12.1 Å². The Bertz CT molecular complexity index is 653. The number of alkyl halides is 3. The Hall–Kier alpha value is -1.36. The van der Waals surface area contributed by atoms with Gasteiger partial charge in [0.2, 0.25) is 15.9 Å². The highest BCUT2D eigenvalue weighted by Crippen LogP contribution is 2.33. The topological polar surface area (TPSA) is 87.3 Å². The van der Waals surface area contributed by atoms with Crippen LogP contribution in [0.5, 0.6) is 0 Å². The molecule has 1 rings (SSSR count). The Kier molecular flexibility index (Phi) is 8.69. The second kappa shape index (κ2) is 9.21. The number of hydrogen-bond donors (Lipinski definition) is 3. The largest absolute Gasteiger partial charge is 0.417 e. The number of amides is 1. The predicted molar refractivity (Wildman–Crippen MR) is 85.4 cm³/mol. The van der Waals surface area contributed by atoms with Crippen molar-refractivity contribution in [2.24, 2.45) is 0 Å². The Balaban J connectivity index is 0.00000529. The van der Waals surface area contributed by atoms with E-state index in [-0.39, 0.29) is 19.0 Å². The zero-order valence-corrected chi connectivity index (χ0v) is 14.6. The molecule has 6 nitrogen and oxygen atoms in total. The van der Waals surface area contributed by atoms with Gasteiger partial charge < -0.3 is 10.6 Å². The van der Waals surface area contributed by atoms with E-state index >= 15 is 0 Å². The quantitative estimate of drug-likeness (QED) is 0.610. The van der Waals surface area contributed by atoms with Crippen LogP contribution in [0.4, 0.5) is 13.2 Å². The normalized spacial score (nSPS) is 13.0. The van der Waals surface area contributed by atoms with E-state index in [4.69, 9.17) is 0 Å². The van der Waals surface area contributed by atoms with E-state index in [9.17, 15) is 26.4 Å². The third-order valence-electron chi connectivity index (χ3n) is 2.88.